The van der Waals surface area contributed by atoms with E-state index in [0.717, 1.165) is 0 Å². The van der Waals surface area contributed by atoms with E-state index in [1.165, 1.54) is 11.8 Å². The van der Waals surface area contributed by atoms with Crippen molar-refractivity contribution in [3.63, 3.8) is 0 Å². The summed E-state index contributed by atoms with van der Waals surface area (Å²) in [5.74, 6) is -2.31. The number of hydrogen-bond donors (Lipinski definition) is 3. The first-order valence-electron chi connectivity index (χ1n) is 8.85. The van der Waals surface area contributed by atoms with Crippen molar-refractivity contribution < 1.29 is 28.7 Å². The highest BCUT2D eigenvalue weighted by atomic mass is 16.6. The highest BCUT2D eigenvalue weighted by Gasteiger charge is 2.56. The van der Waals surface area contributed by atoms with Crippen LogP contribution in [-0.4, -0.2) is 60.0 Å². The lowest BCUT2D eigenvalue weighted by atomic mass is 9.68. The molecule has 2 aliphatic rings. The van der Waals surface area contributed by atoms with Gasteiger partial charge in [-0.1, -0.05) is 0 Å². The lowest BCUT2D eigenvalue weighted by molar-refractivity contribution is -0.149. The van der Waals surface area contributed by atoms with E-state index in [4.69, 9.17) is 4.74 Å². The van der Waals surface area contributed by atoms with E-state index < -0.39 is 46.8 Å². The molecule has 0 aromatic rings. The largest absolute Gasteiger partial charge is 0.444 e. The number of amides is 6. The Hall–Kier alpha value is -2.65. The first kappa shape index (κ1) is 20.7. The maximum atomic E-state index is 12.6. The van der Waals surface area contributed by atoms with Gasteiger partial charge in [0.05, 0.1) is 0 Å². The number of imide groups is 2. The molecule has 0 unspecified atom stereocenters. The highest BCUT2D eigenvalue weighted by molar-refractivity contribution is 6.19. The highest BCUT2D eigenvalue weighted by Crippen LogP contribution is 2.37. The number of ether oxygens (including phenoxy) is 1. The number of hydrogen-bond acceptors (Lipinski definition) is 6. The van der Waals surface area contributed by atoms with Crippen molar-refractivity contribution in [3.05, 3.63) is 0 Å². The van der Waals surface area contributed by atoms with Crippen LogP contribution in [0.25, 0.3) is 0 Å². The second kappa shape index (κ2) is 7.53. The molecule has 0 aliphatic carbocycles. The van der Waals surface area contributed by atoms with Crippen LogP contribution in [0, 0.1) is 11.3 Å². The molecule has 0 spiro atoms. The third kappa shape index (κ3) is 4.55. The number of likely N-dealkylation sites (tertiary alicyclic amines) is 1. The molecule has 2 aliphatic heterocycles. The maximum Gasteiger partial charge on any atom is 0.410 e. The maximum absolute atomic E-state index is 12.6. The van der Waals surface area contributed by atoms with Crippen molar-refractivity contribution in [2.75, 3.05) is 19.6 Å². The average Bonchev–Trinajstić information content (AvgIpc) is 2.53. The van der Waals surface area contributed by atoms with Crippen molar-refractivity contribution in [1.29, 1.82) is 0 Å². The van der Waals surface area contributed by atoms with Gasteiger partial charge in [0, 0.05) is 26.6 Å². The van der Waals surface area contributed by atoms with Gasteiger partial charge in [-0.25, -0.2) is 9.59 Å². The number of nitrogens with one attached hydrogen (secondary N) is 3. The summed E-state index contributed by atoms with van der Waals surface area (Å²) in [4.78, 5) is 61.7. The van der Waals surface area contributed by atoms with Crippen molar-refractivity contribution >= 4 is 29.8 Å². The van der Waals surface area contributed by atoms with Gasteiger partial charge in [-0.15, -0.1) is 0 Å². The SMILES string of the molecule is CC(=O)NCC1(C2CCN(C(=O)OC(C)(C)C)CC2)C(=O)NC(=O)NC1=O. The Morgan fingerprint density at radius 1 is 1.15 bits per heavy atom. The normalized spacial score (nSPS) is 20.6. The van der Waals surface area contributed by atoms with Crippen molar-refractivity contribution in [1.82, 2.24) is 20.9 Å². The molecule has 27 heavy (non-hydrogen) atoms. The molecule has 0 aromatic carbocycles. The van der Waals surface area contributed by atoms with Crippen LogP contribution in [0.4, 0.5) is 9.59 Å². The number of urea groups is 1. The zero-order chi connectivity index (χ0) is 20.4. The molecule has 10 nitrogen and oxygen atoms in total. The Balaban J connectivity index is 2.15. The molecule has 2 heterocycles. The molecule has 0 bridgehead atoms. The predicted octanol–water partition coefficient (Wildman–Crippen LogP) is 0.122. The minimum absolute atomic E-state index is 0.218. The van der Waals surface area contributed by atoms with E-state index in [0.29, 0.717) is 25.9 Å². The summed E-state index contributed by atoms with van der Waals surface area (Å²) in [6, 6.07) is -0.880. The van der Waals surface area contributed by atoms with Crippen LogP contribution in [0.2, 0.25) is 0 Å². The molecule has 0 atom stereocenters. The van der Waals surface area contributed by atoms with Gasteiger partial charge in [0.25, 0.3) is 0 Å². The van der Waals surface area contributed by atoms with Crippen LogP contribution in [0.5, 0.6) is 0 Å². The summed E-state index contributed by atoms with van der Waals surface area (Å²) in [5, 5.41) is 6.76. The Morgan fingerprint density at radius 2 is 1.67 bits per heavy atom. The van der Waals surface area contributed by atoms with Crippen LogP contribution in [0.1, 0.15) is 40.5 Å². The monoisotopic (exact) mass is 382 g/mol. The van der Waals surface area contributed by atoms with Crippen molar-refractivity contribution in [2.24, 2.45) is 11.3 Å². The molecule has 2 fully saturated rings. The summed E-state index contributed by atoms with van der Waals surface area (Å²) in [5.41, 5.74) is -2.22. The van der Waals surface area contributed by atoms with Crippen LogP contribution >= 0.6 is 0 Å². The summed E-state index contributed by atoms with van der Waals surface area (Å²) >= 11 is 0. The van der Waals surface area contributed by atoms with E-state index in [1.54, 1.807) is 20.8 Å². The standard InChI is InChI=1S/C17H26N4O6/c1-10(22)18-9-17(12(23)19-14(25)20-13(17)24)11-5-7-21(8-6-11)15(26)27-16(2,3)4/h11H,5-9H2,1-4H3,(H,18,22)(H2,19,20,23,24,25). The molecular formula is C17H26N4O6. The molecule has 0 radical (unpaired) electrons. The predicted molar refractivity (Wildman–Crippen MR) is 93.3 cm³/mol. The lowest BCUT2D eigenvalue weighted by Crippen LogP contribution is -2.68. The van der Waals surface area contributed by atoms with Crippen LogP contribution in [0.3, 0.4) is 0 Å². The summed E-state index contributed by atoms with van der Waals surface area (Å²) in [6.45, 7) is 6.98. The number of carbonyl (C=O) groups is 5. The Labute approximate surface area is 157 Å². The van der Waals surface area contributed by atoms with E-state index in [2.05, 4.69) is 16.0 Å². The summed E-state index contributed by atoms with van der Waals surface area (Å²) < 4.78 is 5.35. The average molecular weight is 382 g/mol. The molecule has 3 N–H and O–H groups in total. The van der Waals surface area contributed by atoms with Gasteiger partial charge in [-0.2, -0.15) is 0 Å². The first-order chi connectivity index (χ1) is 12.5. The van der Waals surface area contributed by atoms with Gasteiger partial charge in [0.15, 0.2) is 0 Å². The molecule has 6 amide bonds. The Morgan fingerprint density at radius 3 is 2.11 bits per heavy atom. The number of barbiturate groups is 1. The number of rotatable bonds is 3. The van der Waals surface area contributed by atoms with E-state index >= 15 is 0 Å². The van der Waals surface area contributed by atoms with Gasteiger partial charge in [0.1, 0.15) is 11.0 Å². The minimum atomic E-state index is -1.60. The van der Waals surface area contributed by atoms with Gasteiger partial charge >= 0.3 is 12.1 Å². The number of piperidine rings is 1. The fraction of sp³-hybridized carbons (Fsp3) is 0.706. The Bertz CT molecular complexity index is 641. The fourth-order valence-electron chi connectivity index (χ4n) is 3.38. The van der Waals surface area contributed by atoms with Crippen molar-refractivity contribution in [2.45, 2.75) is 46.1 Å². The topological polar surface area (TPSA) is 134 Å². The molecule has 150 valence electrons. The fourth-order valence-corrected chi connectivity index (χ4v) is 3.38. The van der Waals surface area contributed by atoms with Gasteiger partial charge in [0.2, 0.25) is 17.7 Å². The zero-order valence-corrected chi connectivity index (χ0v) is 16.0. The number of carbonyl (C=O) groups excluding carboxylic acids is 5. The van der Waals surface area contributed by atoms with Crippen LogP contribution < -0.4 is 16.0 Å². The molecule has 10 heteroatoms. The minimum Gasteiger partial charge on any atom is -0.444 e. The molecule has 2 saturated heterocycles. The third-order valence-electron chi connectivity index (χ3n) is 4.72. The smallest absolute Gasteiger partial charge is 0.410 e. The van der Waals surface area contributed by atoms with Crippen LogP contribution in [0.15, 0.2) is 0 Å². The zero-order valence-electron chi connectivity index (χ0n) is 16.0. The van der Waals surface area contributed by atoms with E-state index in [-0.39, 0.29) is 6.54 Å². The quantitative estimate of drug-likeness (QED) is 0.594. The summed E-state index contributed by atoms with van der Waals surface area (Å²) in [6.07, 6.45) is 0.256. The van der Waals surface area contributed by atoms with Crippen molar-refractivity contribution in [3.8, 4) is 0 Å². The first-order valence-corrected chi connectivity index (χ1v) is 8.85. The molecule has 0 aromatic heterocycles. The number of nitrogens with zero attached hydrogens (tertiary/aromatic N) is 1. The second-order valence-electron chi connectivity index (χ2n) is 7.86. The molecule has 0 saturated carbocycles. The van der Waals surface area contributed by atoms with Crippen LogP contribution in [-0.2, 0) is 19.1 Å². The lowest BCUT2D eigenvalue weighted by Gasteiger charge is -2.43. The van der Waals surface area contributed by atoms with Gasteiger partial charge in [-0.3, -0.25) is 25.0 Å². The molecular weight excluding hydrogens is 356 g/mol. The van der Waals surface area contributed by atoms with E-state index in [1.807, 2.05) is 0 Å². The van der Waals surface area contributed by atoms with Gasteiger partial charge in [-0.05, 0) is 39.5 Å². The van der Waals surface area contributed by atoms with E-state index in [9.17, 15) is 24.0 Å². The summed E-state index contributed by atoms with van der Waals surface area (Å²) in [7, 11) is 0. The van der Waals surface area contributed by atoms with Gasteiger partial charge < -0.3 is 15.0 Å². The second-order valence-corrected chi connectivity index (χ2v) is 7.86. The third-order valence-corrected chi connectivity index (χ3v) is 4.72. The Kier molecular flexibility index (Phi) is 5.76. The molecule has 2 rings (SSSR count).